The molecule has 6 nitrogen and oxygen atoms in total. The molecule has 2 aromatic carbocycles. The molecule has 0 unspecified atom stereocenters. The lowest BCUT2D eigenvalue weighted by Crippen LogP contribution is -2.13. The number of nitrogens with zero attached hydrogens (tertiary/aromatic N) is 1. The van der Waals surface area contributed by atoms with E-state index in [0.29, 0.717) is 11.3 Å². The molecule has 1 fully saturated rings. The van der Waals surface area contributed by atoms with Crippen molar-refractivity contribution in [3.63, 3.8) is 0 Å². The smallest absolute Gasteiger partial charge is 0.356 e. The van der Waals surface area contributed by atoms with Gasteiger partial charge in [0.15, 0.2) is 6.10 Å². The highest BCUT2D eigenvalue weighted by molar-refractivity contribution is 6.10. The summed E-state index contributed by atoms with van der Waals surface area (Å²) < 4.78 is 10.6. The zero-order chi connectivity index (χ0) is 20.8. The Hall–Kier alpha value is -3.93. The van der Waals surface area contributed by atoms with Crippen LogP contribution in [0.5, 0.6) is 0 Å². The van der Waals surface area contributed by atoms with E-state index >= 15 is 0 Å². The predicted molar refractivity (Wildman–Crippen MR) is 112 cm³/mol. The van der Waals surface area contributed by atoms with Crippen LogP contribution in [-0.4, -0.2) is 29.0 Å². The summed E-state index contributed by atoms with van der Waals surface area (Å²) in [5, 5.41) is 1.76. The number of cyclic esters (lactones) is 1. The van der Waals surface area contributed by atoms with Gasteiger partial charge in [0.05, 0.1) is 18.5 Å². The molecule has 4 aromatic rings. The molecule has 1 aliphatic rings. The van der Waals surface area contributed by atoms with Crippen molar-refractivity contribution in [3.05, 3.63) is 89.8 Å². The minimum Gasteiger partial charge on any atom is -0.464 e. The molecule has 5 rings (SSSR count). The number of para-hydroxylation sites is 1. The van der Waals surface area contributed by atoms with Crippen molar-refractivity contribution in [1.29, 1.82) is 0 Å². The molecule has 0 radical (unpaired) electrons. The number of ether oxygens (including phenoxy) is 2. The van der Waals surface area contributed by atoms with Gasteiger partial charge in [-0.05, 0) is 17.7 Å². The number of aromatic amines is 1. The summed E-state index contributed by atoms with van der Waals surface area (Å²) in [6.45, 7) is 3.96. The first kappa shape index (κ1) is 18.1. The molecule has 2 aromatic heterocycles. The monoisotopic (exact) mass is 398 g/mol. The molecule has 3 heterocycles. The Balaban J connectivity index is 1.79. The van der Waals surface area contributed by atoms with Crippen molar-refractivity contribution in [2.45, 2.75) is 12.0 Å². The Morgan fingerprint density at radius 2 is 1.83 bits per heavy atom. The summed E-state index contributed by atoms with van der Waals surface area (Å²) in [6, 6.07) is 19.0. The number of H-pyrrole nitrogens is 1. The maximum atomic E-state index is 12.5. The van der Waals surface area contributed by atoms with Crippen molar-refractivity contribution in [1.82, 2.24) is 9.97 Å². The highest BCUT2D eigenvalue weighted by atomic mass is 16.6. The van der Waals surface area contributed by atoms with Crippen LogP contribution in [0.1, 0.15) is 33.8 Å². The molecule has 0 amide bonds. The number of aromatic nitrogens is 2. The van der Waals surface area contributed by atoms with Crippen molar-refractivity contribution in [3.8, 4) is 0 Å². The number of nitrogens with one attached hydrogen (secondary N) is 1. The second-order valence-corrected chi connectivity index (χ2v) is 7.22. The van der Waals surface area contributed by atoms with Crippen LogP contribution < -0.4 is 0 Å². The number of pyridine rings is 1. The van der Waals surface area contributed by atoms with E-state index in [2.05, 4.69) is 16.5 Å². The fraction of sp³-hybridized carbons (Fsp3) is 0.125. The molecule has 0 spiro atoms. The highest BCUT2D eigenvalue weighted by Crippen LogP contribution is 2.46. The Labute approximate surface area is 172 Å². The van der Waals surface area contributed by atoms with Crippen LogP contribution in [0.25, 0.3) is 21.8 Å². The van der Waals surface area contributed by atoms with Crippen LogP contribution in [0.2, 0.25) is 0 Å². The third-order valence-corrected chi connectivity index (χ3v) is 5.52. The fourth-order valence-electron chi connectivity index (χ4n) is 4.10. The molecular weight excluding hydrogens is 380 g/mol. The molecule has 0 saturated carbocycles. The standard InChI is InChI=1S/C24H18N2O4/c1-13-19(14-8-4-3-5-9-14)22(30-23(13)27)21-20-16(12-18(26-21)24(28)29-2)15-10-6-7-11-17(15)25-20/h3-12,19,22,25H,1H2,2H3/t19-,22+/m1/s1. The molecule has 1 aliphatic heterocycles. The number of methoxy groups -OCH3 is 1. The van der Waals surface area contributed by atoms with Crippen LogP contribution in [0.15, 0.2) is 72.8 Å². The summed E-state index contributed by atoms with van der Waals surface area (Å²) >= 11 is 0. The first-order chi connectivity index (χ1) is 14.6. The molecule has 1 saturated heterocycles. The van der Waals surface area contributed by atoms with Gasteiger partial charge in [0, 0.05) is 21.9 Å². The van der Waals surface area contributed by atoms with E-state index in [1.165, 1.54) is 7.11 Å². The lowest BCUT2D eigenvalue weighted by atomic mass is 9.87. The average molecular weight is 398 g/mol. The number of rotatable bonds is 3. The van der Waals surface area contributed by atoms with Crippen LogP contribution in [0, 0.1) is 0 Å². The SMILES string of the molecule is C=C1C(=O)O[C@H](c2nc(C(=O)OC)cc3c2[nH]c2ccccc23)[C@H]1c1ccccc1. The van der Waals surface area contributed by atoms with Gasteiger partial charge in [0.1, 0.15) is 11.4 Å². The molecule has 0 bridgehead atoms. The van der Waals surface area contributed by atoms with E-state index in [9.17, 15) is 9.59 Å². The van der Waals surface area contributed by atoms with Gasteiger partial charge in [0.2, 0.25) is 0 Å². The van der Waals surface area contributed by atoms with Gasteiger partial charge in [-0.1, -0.05) is 55.1 Å². The lowest BCUT2D eigenvalue weighted by Gasteiger charge is -2.19. The van der Waals surface area contributed by atoms with Gasteiger partial charge in [0.25, 0.3) is 0 Å². The molecule has 30 heavy (non-hydrogen) atoms. The largest absolute Gasteiger partial charge is 0.464 e. The normalized spacial score (nSPS) is 18.7. The second-order valence-electron chi connectivity index (χ2n) is 7.22. The fourth-order valence-corrected chi connectivity index (χ4v) is 4.10. The van der Waals surface area contributed by atoms with E-state index in [4.69, 9.17) is 9.47 Å². The Bertz CT molecular complexity index is 1320. The second kappa shape index (κ2) is 6.84. The maximum absolute atomic E-state index is 12.5. The maximum Gasteiger partial charge on any atom is 0.356 e. The van der Waals surface area contributed by atoms with Gasteiger partial charge in [-0.2, -0.15) is 0 Å². The van der Waals surface area contributed by atoms with E-state index in [0.717, 1.165) is 27.4 Å². The number of hydrogen-bond acceptors (Lipinski definition) is 5. The number of hydrogen-bond donors (Lipinski definition) is 1. The zero-order valence-electron chi connectivity index (χ0n) is 16.2. The quantitative estimate of drug-likeness (QED) is 0.408. The Morgan fingerprint density at radius 3 is 2.60 bits per heavy atom. The number of carbonyl (C=O) groups excluding carboxylic acids is 2. The zero-order valence-corrected chi connectivity index (χ0v) is 16.2. The summed E-state index contributed by atoms with van der Waals surface area (Å²) in [7, 11) is 1.31. The van der Waals surface area contributed by atoms with Gasteiger partial charge < -0.3 is 14.5 Å². The highest BCUT2D eigenvalue weighted by Gasteiger charge is 2.42. The number of carbonyl (C=O) groups is 2. The van der Waals surface area contributed by atoms with Gasteiger partial charge in [-0.3, -0.25) is 0 Å². The molecule has 2 atom stereocenters. The molecule has 0 aliphatic carbocycles. The molecule has 6 heteroatoms. The summed E-state index contributed by atoms with van der Waals surface area (Å²) in [5.74, 6) is -1.43. The molecular formula is C24H18N2O4. The molecule has 1 N–H and O–H groups in total. The average Bonchev–Trinajstić information content (AvgIpc) is 3.30. The first-order valence-corrected chi connectivity index (χ1v) is 9.53. The number of benzene rings is 2. The first-order valence-electron chi connectivity index (χ1n) is 9.53. The minimum atomic E-state index is -0.715. The van der Waals surface area contributed by atoms with Crippen molar-refractivity contribution < 1.29 is 19.1 Å². The third-order valence-electron chi connectivity index (χ3n) is 5.52. The van der Waals surface area contributed by atoms with Crippen LogP contribution in [0.3, 0.4) is 0 Å². The summed E-state index contributed by atoms with van der Waals surface area (Å²) in [6.07, 6.45) is -0.715. The van der Waals surface area contributed by atoms with E-state index in [1.807, 2.05) is 54.6 Å². The topological polar surface area (TPSA) is 81.3 Å². The molecule has 148 valence electrons. The van der Waals surface area contributed by atoms with Crippen molar-refractivity contribution >= 4 is 33.7 Å². The Kier molecular flexibility index (Phi) is 4.13. The van der Waals surface area contributed by atoms with Crippen molar-refractivity contribution in [2.75, 3.05) is 7.11 Å². The van der Waals surface area contributed by atoms with Crippen molar-refractivity contribution in [2.24, 2.45) is 0 Å². The lowest BCUT2D eigenvalue weighted by molar-refractivity contribution is -0.139. The van der Waals surface area contributed by atoms with Gasteiger partial charge >= 0.3 is 11.9 Å². The van der Waals surface area contributed by atoms with Gasteiger partial charge in [-0.25, -0.2) is 14.6 Å². The number of esters is 2. The summed E-state index contributed by atoms with van der Waals surface area (Å²) in [4.78, 5) is 32.8. The predicted octanol–water partition coefficient (Wildman–Crippen LogP) is 4.44. The Morgan fingerprint density at radius 1 is 1.10 bits per heavy atom. The third kappa shape index (κ3) is 2.69. The van der Waals surface area contributed by atoms with Crippen LogP contribution in [-0.2, 0) is 14.3 Å². The van der Waals surface area contributed by atoms with E-state index in [-0.39, 0.29) is 5.69 Å². The van der Waals surface area contributed by atoms with E-state index in [1.54, 1.807) is 6.07 Å². The van der Waals surface area contributed by atoms with Crippen LogP contribution >= 0.6 is 0 Å². The van der Waals surface area contributed by atoms with E-state index < -0.39 is 24.0 Å². The minimum absolute atomic E-state index is 0.158. The van der Waals surface area contributed by atoms with Gasteiger partial charge in [-0.15, -0.1) is 0 Å². The number of fused-ring (bicyclic) bond motifs is 3. The summed E-state index contributed by atoms with van der Waals surface area (Å²) in [5.41, 5.74) is 3.51. The van der Waals surface area contributed by atoms with Crippen LogP contribution in [0.4, 0.5) is 0 Å².